The lowest BCUT2D eigenvalue weighted by molar-refractivity contribution is -0.136. The van der Waals surface area contributed by atoms with Crippen molar-refractivity contribution in [1.82, 2.24) is 20.1 Å². The highest BCUT2D eigenvalue weighted by atomic mass is 32.1. The number of thiazole rings is 1. The van der Waals surface area contributed by atoms with Gasteiger partial charge >= 0.3 is 0 Å². The van der Waals surface area contributed by atoms with E-state index in [1.165, 1.54) is 4.90 Å². The summed E-state index contributed by atoms with van der Waals surface area (Å²) < 4.78 is 32.1. The normalized spacial score (nSPS) is 22.0. The van der Waals surface area contributed by atoms with Gasteiger partial charge in [-0.3, -0.25) is 24.6 Å². The van der Waals surface area contributed by atoms with Gasteiger partial charge in [0.1, 0.15) is 17.7 Å². The van der Waals surface area contributed by atoms with Crippen molar-refractivity contribution in [3.63, 3.8) is 0 Å². The molecule has 2 aromatic carbocycles. The van der Waals surface area contributed by atoms with E-state index in [0.717, 1.165) is 21.8 Å². The fourth-order valence-corrected chi connectivity index (χ4v) is 6.39. The molecule has 6 rings (SSSR count). The molecule has 2 N–H and O–H groups in total. The minimum absolute atomic E-state index is 0.0279. The standard InChI is InChI=1S/C26H24F2N4O4S/c27-17-10-15-16(12-32(25(15)35)19-3-4-21(33)30-24(19)34)23(28)22(17)26(36)5-7-31(8-6-26)11-14-1-2-18-20(9-14)37-13-29-18/h1-2,9-10,13,19,36H,3-8,11-12H2,(H,30,33,34). The predicted octanol–water partition coefficient (Wildman–Crippen LogP) is 2.82. The molecule has 3 aliphatic rings. The maximum atomic E-state index is 15.7. The molecule has 11 heteroatoms. The Kier molecular flexibility index (Phi) is 5.81. The second-order valence-electron chi connectivity index (χ2n) is 9.94. The Morgan fingerprint density at radius 1 is 1.16 bits per heavy atom. The van der Waals surface area contributed by atoms with Crippen molar-refractivity contribution in [2.24, 2.45) is 0 Å². The molecule has 2 saturated heterocycles. The van der Waals surface area contributed by atoms with Crippen LogP contribution in [0.15, 0.2) is 29.8 Å². The van der Waals surface area contributed by atoms with Crippen LogP contribution >= 0.6 is 11.3 Å². The summed E-state index contributed by atoms with van der Waals surface area (Å²) in [5.41, 5.74) is 1.53. The summed E-state index contributed by atoms with van der Waals surface area (Å²) in [4.78, 5) is 44.3. The molecule has 1 aromatic heterocycles. The van der Waals surface area contributed by atoms with Crippen molar-refractivity contribution in [3.8, 4) is 0 Å². The molecule has 0 aliphatic carbocycles. The third-order valence-electron chi connectivity index (χ3n) is 7.68. The van der Waals surface area contributed by atoms with Gasteiger partial charge in [0, 0.05) is 31.6 Å². The van der Waals surface area contributed by atoms with E-state index in [2.05, 4.69) is 21.3 Å². The molecule has 3 aliphatic heterocycles. The van der Waals surface area contributed by atoms with Crippen molar-refractivity contribution < 1.29 is 28.3 Å². The topological polar surface area (TPSA) is 103 Å². The zero-order valence-corrected chi connectivity index (χ0v) is 20.6. The third-order valence-corrected chi connectivity index (χ3v) is 8.47. The van der Waals surface area contributed by atoms with Crippen LogP contribution in [0.3, 0.4) is 0 Å². The first-order chi connectivity index (χ1) is 17.7. The van der Waals surface area contributed by atoms with Crippen LogP contribution < -0.4 is 5.32 Å². The van der Waals surface area contributed by atoms with E-state index in [4.69, 9.17) is 0 Å². The van der Waals surface area contributed by atoms with E-state index < -0.39 is 46.6 Å². The van der Waals surface area contributed by atoms with Crippen molar-refractivity contribution in [2.75, 3.05) is 13.1 Å². The summed E-state index contributed by atoms with van der Waals surface area (Å²) in [7, 11) is 0. The summed E-state index contributed by atoms with van der Waals surface area (Å²) in [6, 6.07) is 6.10. The summed E-state index contributed by atoms with van der Waals surface area (Å²) in [5.74, 6) is -3.62. The van der Waals surface area contributed by atoms with Gasteiger partial charge in [-0.2, -0.15) is 0 Å². The van der Waals surface area contributed by atoms with E-state index in [0.29, 0.717) is 19.6 Å². The van der Waals surface area contributed by atoms with E-state index >= 15 is 8.78 Å². The molecule has 192 valence electrons. The van der Waals surface area contributed by atoms with Crippen LogP contribution in [0.2, 0.25) is 0 Å². The molecule has 1 atom stereocenters. The number of amides is 3. The van der Waals surface area contributed by atoms with Crippen LogP contribution in [0.1, 0.15) is 52.7 Å². The van der Waals surface area contributed by atoms with Crippen LogP contribution in [0.4, 0.5) is 8.78 Å². The van der Waals surface area contributed by atoms with E-state index in [1.54, 1.807) is 16.8 Å². The Morgan fingerprint density at radius 3 is 2.70 bits per heavy atom. The number of nitrogens with zero attached hydrogens (tertiary/aromatic N) is 3. The number of piperidine rings is 2. The minimum atomic E-state index is -1.72. The maximum Gasteiger partial charge on any atom is 0.255 e. The SMILES string of the molecule is O=C1CCC(N2Cc3c(cc(F)c(C4(O)CCN(Cc5ccc6ncsc6c5)CC4)c3F)C2=O)C(=O)N1. The number of aromatic nitrogens is 1. The summed E-state index contributed by atoms with van der Waals surface area (Å²) >= 11 is 1.57. The van der Waals surface area contributed by atoms with Crippen LogP contribution in [0.25, 0.3) is 10.2 Å². The number of carbonyl (C=O) groups is 3. The largest absolute Gasteiger partial charge is 0.385 e. The highest BCUT2D eigenvalue weighted by Crippen LogP contribution is 2.40. The molecule has 0 spiro atoms. The fourth-order valence-electron chi connectivity index (χ4n) is 5.65. The Morgan fingerprint density at radius 2 is 1.95 bits per heavy atom. The lowest BCUT2D eigenvalue weighted by Crippen LogP contribution is -2.52. The van der Waals surface area contributed by atoms with E-state index in [-0.39, 0.29) is 43.4 Å². The van der Waals surface area contributed by atoms with E-state index in [9.17, 15) is 19.5 Å². The molecule has 0 saturated carbocycles. The molecule has 3 amide bonds. The number of carbonyl (C=O) groups excluding carboxylic acids is 3. The number of aliphatic hydroxyl groups is 1. The van der Waals surface area contributed by atoms with Crippen LogP contribution in [-0.2, 0) is 28.3 Å². The first-order valence-corrected chi connectivity index (χ1v) is 13.0. The van der Waals surface area contributed by atoms with Gasteiger partial charge < -0.3 is 10.0 Å². The molecule has 4 heterocycles. The van der Waals surface area contributed by atoms with E-state index in [1.807, 2.05) is 12.1 Å². The summed E-state index contributed by atoms with van der Waals surface area (Å²) in [5, 5.41) is 13.6. The molecular formula is C26H24F2N4O4S. The summed E-state index contributed by atoms with van der Waals surface area (Å²) in [6.07, 6.45) is 0.449. The van der Waals surface area contributed by atoms with Crippen molar-refractivity contribution >= 4 is 39.3 Å². The van der Waals surface area contributed by atoms with Gasteiger partial charge in [0.15, 0.2) is 0 Å². The van der Waals surface area contributed by atoms with Gasteiger partial charge in [-0.25, -0.2) is 13.8 Å². The first kappa shape index (κ1) is 24.1. The summed E-state index contributed by atoms with van der Waals surface area (Å²) in [6.45, 7) is 1.30. The smallest absolute Gasteiger partial charge is 0.255 e. The molecule has 1 unspecified atom stereocenters. The Balaban J connectivity index is 1.20. The number of hydrogen-bond donors (Lipinski definition) is 2. The Bertz CT molecular complexity index is 1450. The minimum Gasteiger partial charge on any atom is -0.385 e. The second kappa shape index (κ2) is 8.93. The van der Waals surface area contributed by atoms with Gasteiger partial charge in [0.25, 0.3) is 5.91 Å². The number of halogens is 2. The van der Waals surface area contributed by atoms with Crippen LogP contribution in [0.5, 0.6) is 0 Å². The first-order valence-electron chi connectivity index (χ1n) is 12.2. The number of hydrogen-bond acceptors (Lipinski definition) is 7. The Hall–Kier alpha value is -3.28. The highest BCUT2D eigenvalue weighted by molar-refractivity contribution is 7.16. The third kappa shape index (κ3) is 4.11. The molecule has 37 heavy (non-hydrogen) atoms. The lowest BCUT2D eigenvalue weighted by atomic mass is 9.82. The van der Waals surface area contributed by atoms with Gasteiger partial charge in [0.2, 0.25) is 11.8 Å². The van der Waals surface area contributed by atoms with Crippen LogP contribution in [-0.4, -0.2) is 56.7 Å². The van der Waals surface area contributed by atoms with Gasteiger partial charge in [-0.1, -0.05) is 6.07 Å². The lowest BCUT2D eigenvalue weighted by Gasteiger charge is -2.39. The number of fused-ring (bicyclic) bond motifs is 2. The number of imide groups is 1. The number of likely N-dealkylation sites (tertiary alicyclic amines) is 1. The molecule has 3 aromatic rings. The van der Waals surface area contributed by atoms with Gasteiger partial charge in [-0.15, -0.1) is 11.3 Å². The van der Waals surface area contributed by atoms with Gasteiger partial charge in [0.05, 0.1) is 39.0 Å². The number of rotatable bonds is 4. The molecular weight excluding hydrogens is 502 g/mol. The predicted molar refractivity (Wildman–Crippen MR) is 130 cm³/mol. The zero-order valence-electron chi connectivity index (χ0n) is 19.8. The monoisotopic (exact) mass is 526 g/mol. The van der Waals surface area contributed by atoms with Gasteiger partial charge in [-0.05, 0) is 43.0 Å². The quantitative estimate of drug-likeness (QED) is 0.507. The fraction of sp³-hybridized carbons (Fsp3) is 0.385. The second-order valence-corrected chi connectivity index (χ2v) is 10.8. The highest BCUT2D eigenvalue weighted by Gasteiger charge is 2.45. The number of nitrogens with one attached hydrogen (secondary N) is 1. The average molecular weight is 527 g/mol. The van der Waals surface area contributed by atoms with Crippen LogP contribution in [0, 0.1) is 11.6 Å². The Labute approximate surface area is 214 Å². The van der Waals surface area contributed by atoms with Crippen molar-refractivity contribution in [1.29, 1.82) is 0 Å². The molecule has 0 radical (unpaired) electrons. The molecule has 8 nitrogen and oxygen atoms in total. The number of benzene rings is 2. The zero-order chi connectivity index (χ0) is 25.9. The van der Waals surface area contributed by atoms with Crippen molar-refractivity contribution in [2.45, 2.75) is 50.4 Å². The molecule has 0 bridgehead atoms. The van der Waals surface area contributed by atoms with Crippen molar-refractivity contribution in [3.05, 3.63) is 63.7 Å². The maximum absolute atomic E-state index is 15.7. The molecule has 2 fully saturated rings. The average Bonchev–Trinajstić information content (AvgIpc) is 3.45.